The summed E-state index contributed by atoms with van der Waals surface area (Å²) < 4.78 is 57.5. The Morgan fingerprint density at radius 1 is 1.13 bits per heavy atom. The van der Waals surface area contributed by atoms with Crippen LogP contribution in [0.15, 0.2) is 36.9 Å². The van der Waals surface area contributed by atoms with Gasteiger partial charge in [-0.25, -0.2) is 14.4 Å². The number of hydrogen-bond donors (Lipinski definition) is 1. The number of alkyl halides is 4. The van der Waals surface area contributed by atoms with Gasteiger partial charge in [0.25, 0.3) is 0 Å². The average molecular weight is 540 g/mol. The summed E-state index contributed by atoms with van der Waals surface area (Å²) in [4.78, 5) is 23.9. The van der Waals surface area contributed by atoms with E-state index in [1.165, 1.54) is 6.07 Å². The van der Waals surface area contributed by atoms with Crippen molar-refractivity contribution in [3.8, 4) is 17.3 Å². The van der Waals surface area contributed by atoms with Crippen LogP contribution < -0.4 is 4.90 Å². The zero-order valence-electron chi connectivity index (χ0n) is 20.9. The van der Waals surface area contributed by atoms with Gasteiger partial charge in [0.1, 0.15) is 29.4 Å². The van der Waals surface area contributed by atoms with Crippen molar-refractivity contribution in [2.75, 3.05) is 37.6 Å². The van der Waals surface area contributed by atoms with Gasteiger partial charge < -0.3 is 19.4 Å². The van der Waals surface area contributed by atoms with Gasteiger partial charge in [-0.2, -0.15) is 23.4 Å². The van der Waals surface area contributed by atoms with Crippen molar-refractivity contribution >= 4 is 17.0 Å². The smallest absolute Gasteiger partial charge is 0.345 e. The molecule has 0 bridgehead atoms. The second-order valence-corrected chi connectivity index (χ2v) is 9.90. The fourth-order valence-corrected chi connectivity index (χ4v) is 5.16. The number of fused-ring (bicyclic) bond motifs is 1. The topological polar surface area (TPSA) is 103 Å². The minimum absolute atomic E-state index is 0.0454. The first-order valence-corrected chi connectivity index (χ1v) is 12.8. The number of H-pyrrole nitrogens is 1. The first-order chi connectivity index (χ1) is 18.8. The Morgan fingerprint density at radius 3 is 2.69 bits per heavy atom. The molecular weight excluding hydrogens is 514 g/mol. The van der Waals surface area contributed by atoms with Crippen LogP contribution >= 0.6 is 0 Å². The zero-order chi connectivity index (χ0) is 27.1. The van der Waals surface area contributed by atoms with E-state index in [2.05, 4.69) is 35.9 Å². The van der Waals surface area contributed by atoms with Crippen LogP contribution in [0.5, 0.6) is 0 Å². The van der Waals surface area contributed by atoms with Crippen molar-refractivity contribution in [3.63, 3.8) is 0 Å². The molecule has 2 aliphatic rings. The number of nitrogens with one attached hydrogen (secondary N) is 1. The molecule has 6 rings (SSSR count). The third-order valence-electron chi connectivity index (χ3n) is 7.46. The average Bonchev–Trinajstić information content (AvgIpc) is 3.51. The van der Waals surface area contributed by atoms with Crippen LogP contribution in [0.3, 0.4) is 0 Å². The number of anilines is 1. The summed E-state index contributed by atoms with van der Waals surface area (Å²) in [5.74, 6) is 0.366. The molecule has 1 N–H and O–H groups in total. The standard InChI is InChI=1S/C26H25F4N9/c27-20-14-39(25-34-13-19-17(11-31)12-33-23(19)36-25)7-3-18(20)24-35-21(15-38(24)9-8-37-5-1-6-37)16-2-4-32-22(10-16)26(28,29)30/h2,4,10,12-13,15,18,20H,1,3,5-9,14H2,(H,33,34,36). The van der Waals surface area contributed by atoms with Crippen LogP contribution in [0, 0.1) is 11.3 Å². The Kier molecular flexibility index (Phi) is 6.42. The maximum Gasteiger partial charge on any atom is 0.433 e. The number of likely N-dealkylation sites (tertiary alicyclic amines) is 1. The van der Waals surface area contributed by atoms with E-state index in [9.17, 15) is 18.4 Å². The number of nitriles is 1. The molecular formula is C26H25F4N9. The second kappa shape index (κ2) is 9.92. The number of piperidine rings is 1. The fourth-order valence-electron chi connectivity index (χ4n) is 5.16. The summed E-state index contributed by atoms with van der Waals surface area (Å²) in [7, 11) is 0. The van der Waals surface area contributed by atoms with Crippen molar-refractivity contribution in [1.29, 1.82) is 5.26 Å². The van der Waals surface area contributed by atoms with Gasteiger partial charge in [-0.1, -0.05) is 0 Å². The zero-order valence-corrected chi connectivity index (χ0v) is 20.9. The van der Waals surface area contributed by atoms with E-state index in [1.54, 1.807) is 23.5 Å². The molecule has 13 heteroatoms. The minimum atomic E-state index is -4.57. The summed E-state index contributed by atoms with van der Waals surface area (Å²) in [5.41, 5.74) is 0.615. The molecule has 2 saturated heterocycles. The maximum atomic E-state index is 15.8. The molecule has 2 atom stereocenters. The highest BCUT2D eigenvalue weighted by Crippen LogP contribution is 2.35. The van der Waals surface area contributed by atoms with Crippen LogP contribution in [0.1, 0.15) is 35.8 Å². The van der Waals surface area contributed by atoms with E-state index in [0.29, 0.717) is 59.1 Å². The summed E-state index contributed by atoms with van der Waals surface area (Å²) in [6, 6.07) is 4.55. The first-order valence-electron chi connectivity index (χ1n) is 12.8. The van der Waals surface area contributed by atoms with Crippen LogP contribution in [-0.4, -0.2) is 73.3 Å². The van der Waals surface area contributed by atoms with Gasteiger partial charge in [0.05, 0.1) is 29.1 Å². The van der Waals surface area contributed by atoms with Gasteiger partial charge in [0.15, 0.2) is 0 Å². The monoisotopic (exact) mass is 539 g/mol. The minimum Gasteiger partial charge on any atom is -0.345 e. The SMILES string of the molecule is N#Cc1c[nH]c2nc(N3CCC(c4nc(-c5ccnc(C(F)(F)F)c5)cn4CCN4CCC4)C(F)C3)ncc12. The predicted molar refractivity (Wildman–Crippen MR) is 135 cm³/mol. The number of aromatic amines is 1. The summed E-state index contributed by atoms with van der Waals surface area (Å²) in [6.45, 7) is 3.86. The fraction of sp³-hybridized carbons (Fsp3) is 0.423. The Labute approximate surface area is 221 Å². The lowest BCUT2D eigenvalue weighted by molar-refractivity contribution is -0.141. The van der Waals surface area contributed by atoms with Crippen LogP contribution in [0.4, 0.5) is 23.5 Å². The molecule has 2 unspecified atom stereocenters. The van der Waals surface area contributed by atoms with Crippen molar-refractivity contribution < 1.29 is 17.6 Å². The quantitative estimate of drug-likeness (QED) is 0.368. The third-order valence-corrected chi connectivity index (χ3v) is 7.46. The molecule has 202 valence electrons. The molecule has 0 aliphatic carbocycles. The number of aromatic nitrogens is 6. The molecule has 4 aromatic heterocycles. The first kappa shape index (κ1) is 25.2. The molecule has 4 aromatic rings. The van der Waals surface area contributed by atoms with E-state index < -0.39 is 24.0 Å². The van der Waals surface area contributed by atoms with Crippen LogP contribution in [-0.2, 0) is 12.7 Å². The molecule has 2 aliphatic heterocycles. The molecule has 6 heterocycles. The molecule has 2 fully saturated rings. The summed E-state index contributed by atoms with van der Waals surface area (Å²) in [6.07, 6.45) is 1.66. The van der Waals surface area contributed by atoms with E-state index in [4.69, 9.17) is 0 Å². The lowest BCUT2D eigenvalue weighted by atomic mass is 9.94. The lowest BCUT2D eigenvalue weighted by Crippen LogP contribution is -2.43. The van der Waals surface area contributed by atoms with Gasteiger partial charge in [-0.3, -0.25) is 4.98 Å². The molecule has 0 amide bonds. The largest absolute Gasteiger partial charge is 0.433 e. The molecule has 39 heavy (non-hydrogen) atoms. The Balaban J connectivity index is 1.26. The number of hydrogen-bond acceptors (Lipinski definition) is 7. The number of pyridine rings is 1. The second-order valence-electron chi connectivity index (χ2n) is 9.90. The normalized spacial score (nSPS) is 20.2. The highest BCUT2D eigenvalue weighted by atomic mass is 19.4. The molecule has 0 saturated carbocycles. The third kappa shape index (κ3) is 4.92. The van der Waals surface area contributed by atoms with E-state index >= 15 is 4.39 Å². The summed E-state index contributed by atoms with van der Waals surface area (Å²) >= 11 is 0. The Hall–Kier alpha value is -4.05. The van der Waals surface area contributed by atoms with Gasteiger partial charge in [0, 0.05) is 50.0 Å². The molecule has 0 radical (unpaired) electrons. The van der Waals surface area contributed by atoms with Crippen LogP contribution in [0.25, 0.3) is 22.3 Å². The molecule has 9 nitrogen and oxygen atoms in total. The number of nitrogens with zero attached hydrogens (tertiary/aromatic N) is 8. The van der Waals surface area contributed by atoms with E-state index in [1.807, 2.05) is 4.57 Å². The lowest BCUT2D eigenvalue weighted by Gasteiger charge is -2.35. The summed E-state index contributed by atoms with van der Waals surface area (Å²) in [5, 5.41) is 9.80. The van der Waals surface area contributed by atoms with E-state index in [0.717, 1.165) is 38.3 Å². The number of imidazole rings is 1. The maximum absolute atomic E-state index is 15.8. The van der Waals surface area contributed by atoms with Crippen molar-refractivity contribution in [2.24, 2.45) is 0 Å². The van der Waals surface area contributed by atoms with Gasteiger partial charge in [-0.15, -0.1) is 0 Å². The highest BCUT2D eigenvalue weighted by Gasteiger charge is 2.36. The Bertz CT molecular complexity index is 1530. The van der Waals surface area contributed by atoms with Crippen LogP contribution in [0.2, 0.25) is 0 Å². The van der Waals surface area contributed by atoms with Crippen molar-refractivity contribution in [3.05, 3.63) is 54.0 Å². The molecule has 0 aromatic carbocycles. The Morgan fingerprint density at radius 2 is 1.97 bits per heavy atom. The van der Waals surface area contributed by atoms with Gasteiger partial charge >= 0.3 is 6.18 Å². The van der Waals surface area contributed by atoms with Crippen molar-refractivity contribution in [1.82, 2.24) is 34.4 Å². The van der Waals surface area contributed by atoms with E-state index in [-0.39, 0.29) is 6.54 Å². The van der Waals surface area contributed by atoms with Crippen molar-refractivity contribution in [2.45, 2.75) is 37.7 Å². The number of rotatable bonds is 6. The number of halogens is 4. The van der Waals surface area contributed by atoms with Gasteiger partial charge in [-0.05, 0) is 38.1 Å². The predicted octanol–water partition coefficient (Wildman–Crippen LogP) is 4.14. The highest BCUT2D eigenvalue weighted by molar-refractivity contribution is 5.82. The van der Waals surface area contributed by atoms with Gasteiger partial charge in [0.2, 0.25) is 5.95 Å². The molecule has 0 spiro atoms.